The van der Waals surface area contributed by atoms with E-state index in [9.17, 15) is 128 Å². The number of rotatable bonds is 15. The number of carbonyl (C=O) groups is 4. The lowest BCUT2D eigenvalue weighted by Gasteiger charge is -2.36. The van der Waals surface area contributed by atoms with E-state index in [1.54, 1.807) is 4.74 Å². The van der Waals surface area contributed by atoms with E-state index in [4.69, 9.17) is 9.59 Å². The average molecular weight is 966 g/mol. The van der Waals surface area contributed by atoms with Crippen molar-refractivity contribution in [2.45, 2.75) is 60.3 Å². The van der Waals surface area contributed by atoms with Crippen molar-refractivity contribution in [1.29, 1.82) is 0 Å². The Hall–Kier alpha value is -4.81. The number of ether oxygens (including phenoxy) is 7. The van der Waals surface area contributed by atoms with Crippen LogP contribution < -0.4 is 0 Å². The second-order valence-corrected chi connectivity index (χ2v) is 8.61. The van der Waals surface area contributed by atoms with Crippen LogP contribution in [0.5, 0.6) is 0 Å². The summed E-state index contributed by atoms with van der Waals surface area (Å²) in [6.07, 6.45) is -47.7. The number of hydrogen-bond donors (Lipinski definition) is 0. The number of methoxy groups -OCH3 is 3. The third-order valence-electron chi connectivity index (χ3n) is 4.50. The van der Waals surface area contributed by atoms with Crippen LogP contribution in [-0.4, -0.2) is 113 Å². The highest BCUT2D eigenvalue weighted by Gasteiger charge is 2.83. The van der Waals surface area contributed by atoms with Crippen LogP contribution in [0.15, 0.2) is 24.7 Å². The Kier molecular flexibility index (Phi) is 22.3. The monoisotopic (exact) mass is 966 g/mol. The summed E-state index contributed by atoms with van der Waals surface area (Å²) in [4.78, 5) is 38.5. The summed E-state index contributed by atoms with van der Waals surface area (Å²) >= 11 is 0. The summed E-state index contributed by atoms with van der Waals surface area (Å²) in [5.41, 5.74) is 0. The van der Waals surface area contributed by atoms with Crippen LogP contribution in [0.3, 0.4) is 0 Å². The molecule has 2 atom stereocenters. The number of hydrogen-bond acceptors (Lipinski definition) is 11. The van der Waals surface area contributed by atoms with Crippen LogP contribution >= 0.6 is 0 Å². The maximum absolute atomic E-state index is 13.5. The van der Waals surface area contributed by atoms with E-state index < -0.39 is 109 Å². The van der Waals surface area contributed by atoms with Crippen molar-refractivity contribution in [3.05, 3.63) is 24.7 Å². The zero-order chi connectivity index (χ0) is 49.7. The van der Waals surface area contributed by atoms with E-state index in [0.29, 0.717) is 0 Å². The topological polar surface area (TPSA) is 133 Å². The summed E-state index contributed by atoms with van der Waals surface area (Å²) in [5, 5.41) is 0. The van der Waals surface area contributed by atoms with E-state index in [2.05, 4.69) is 18.9 Å². The normalized spacial score (nSPS) is 14.6. The Morgan fingerprint density at radius 1 is 0.467 bits per heavy atom. The van der Waals surface area contributed by atoms with Gasteiger partial charge in [-0.25, -0.2) is 18.8 Å². The van der Waals surface area contributed by atoms with Gasteiger partial charge in [0.25, 0.3) is 6.01 Å². The molecule has 0 aliphatic heterocycles. The Balaban J connectivity index is -0.000000425. The molecule has 0 rings (SSSR count). The molecule has 0 aromatic carbocycles. The van der Waals surface area contributed by atoms with Gasteiger partial charge >= 0.3 is 96.6 Å². The van der Waals surface area contributed by atoms with Crippen LogP contribution in [0.1, 0.15) is 0 Å². The number of carbonyl (C=O) groups excluding carboxylic acids is 4. The van der Waals surface area contributed by atoms with E-state index in [1.165, 1.54) is 0 Å². The van der Waals surface area contributed by atoms with Gasteiger partial charge in [0.15, 0.2) is 6.67 Å². The number of halogens is 27. The Morgan fingerprint density at radius 3 is 0.883 bits per heavy atom. The quantitative estimate of drug-likeness (QED) is 0.0512. The molecule has 0 saturated heterocycles. The molecule has 0 fully saturated rings. The van der Waals surface area contributed by atoms with Gasteiger partial charge in [0, 0.05) is 0 Å². The minimum atomic E-state index is -7.39. The van der Waals surface area contributed by atoms with Gasteiger partial charge in [-0.3, -0.25) is 14.3 Å². The molecule has 0 spiro atoms. The van der Waals surface area contributed by atoms with Crippen molar-refractivity contribution in [2.75, 3.05) is 28.0 Å². The Morgan fingerprint density at radius 2 is 0.717 bits per heavy atom. The smallest absolute Gasteiger partial charge is 0.464 e. The molecule has 38 heteroatoms. The third kappa shape index (κ3) is 16.0. The predicted molar refractivity (Wildman–Crippen MR) is 124 cm³/mol. The first-order chi connectivity index (χ1) is 26.2. The zero-order valence-corrected chi connectivity index (χ0v) is 27.6. The maximum atomic E-state index is 13.5. The lowest BCUT2D eigenvalue weighted by Crippen LogP contribution is -2.64. The van der Waals surface area contributed by atoms with Crippen molar-refractivity contribution in [3.63, 3.8) is 0 Å². The molecule has 0 aliphatic carbocycles. The first-order valence-electron chi connectivity index (χ1n) is 12.4. The minimum absolute atomic E-state index is 0.000685. The fraction of sp³-hybridized carbons (Fsp3) is 0.636. The van der Waals surface area contributed by atoms with Gasteiger partial charge in [0.1, 0.15) is 0 Å². The molecule has 0 saturated carbocycles. The van der Waals surface area contributed by atoms with Gasteiger partial charge in [-0.2, -0.15) is 110 Å². The zero-order valence-electron chi connectivity index (χ0n) is 27.6. The molecule has 11 nitrogen and oxygen atoms in total. The summed E-state index contributed by atoms with van der Waals surface area (Å²) in [7, 11) is 1.05. The molecule has 0 aromatic heterocycles. The van der Waals surface area contributed by atoms with Crippen LogP contribution in [0.4, 0.5) is 123 Å². The first-order valence-corrected chi connectivity index (χ1v) is 12.4. The largest absolute Gasteiger partial charge is 0.495 e. The molecule has 0 heterocycles. The molecule has 0 amide bonds. The summed E-state index contributed by atoms with van der Waals surface area (Å²) < 4.78 is 353. The van der Waals surface area contributed by atoms with E-state index in [0.717, 1.165) is 7.11 Å². The standard InChI is InChI=1S/C9H3F13O4.C9H5F11O4.C2H2F2O.C2H3FO2/c1-24-4(23)5(13,14)8(19,20)26-6(15,7(16,17)18)9(21,22)25-3(12)2(10)11;1-3(10)23-9(19,20)6(13,7(14,15)16)24-8(17,18)5(11,12)4(21)22-2;3-1-2(4)5;1-5-2(3)4/h1H3;1H2,2H3;1H2;1H3. The Bertz CT molecular complexity index is 1480. The SMILES string of the molecule is C=C(F)OC(F)(F)C(F)(OC(F)(F)C(F)(F)C(=O)OC)C(F)(F)F.COC(=O)C(F)(F)C(F)(F)OC(F)(C(F)(F)F)C(F)(F)OC(F)=C(F)F.COC(=O)F.O=C(F)CF. The van der Waals surface area contributed by atoms with E-state index >= 15 is 0 Å². The third-order valence-corrected chi connectivity index (χ3v) is 4.50. The molecular formula is C22H13F27O11. The average Bonchev–Trinajstić information content (AvgIpc) is 3.05. The molecule has 60 heavy (non-hydrogen) atoms. The minimum Gasteiger partial charge on any atom is -0.464 e. The summed E-state index contributed by atoms with van der Waals surface area (Å²) in [5.74, 6) is -33.7. The number of alkyl halides is 21. The van der Waals surface area contributed by atoms with Gasteiger partial charge in [-0.05, 0) is 6.58 Å². The van der Waals surface area contributed by atoms with Crippen molar-refractivity contribution in [2.24, 2.45) is 0 Å². The van der Waals surface area contributed by atoms with E-state index in [-0.39, 0.29) is 14.2 Å². The molecule has 0 bridgehead atoms. The van der Waals surface area contributed by atoms with Crippen LogP contribution in [0, 0.1) is 0 Å². The molecule has 0 aliphatic rings. The molecule has 2 unspecified atom stereocenters. The molecule has 0 N–H and O–H groups in total. The van der Waals surface area contributed by atoms with Crippen LogP contribution in [0.2, 0.25) is 0 Å². The second kappa shape index (κ2) is 21.6. The van der Waals surface area contributed by atoms with E-state index in [1.807, 2.05) is 16.1 Å². The predicted octanol–water partition coefficient (Wildman–Crippen LogP) is 9.13. The molecule has 0 aromatic rings. The molecule has 0 radical (unpaired) electrons. The van der Waals surface area contributed by atoms with Crippen molar-refractivity contribution < 1.29 is 171 Å². The van der Waals surface area contributed by atoms with Gasteiger partial charge in [-0.1, -0.05) is 0 Å². The molecule has 356 valence electrons. The highest BCUT2D eigenvalue weighted by Crippen LogP contribution is 2.54. The fourth-order valence-electron chi connectivity index (χ4n) is 1.96. The fourth-order valence-corrected chi connectivity index (χ4v) is 1.96. The first kappa shape index (κ1) is 61.8. The van der Waals surface area contributed by atoms with Crippen molar-refractivity contribution >= 4 is 24.2 Å². The maximum Gasteiger partial charge on any atom is 0.495 e. The van der Waals surface area contributed by atoms with Crippen molar-refractivity contribution in [3.8, 4) is 0 Å². The van der Waals surface area contributed by atoms with Gasteiger partial charge in [-0.15, -0.1) is 4.39 Å². The summed E-state index contributed by atoms with van der Waals surface area (Å²) in [6.45, 7) is 0.354. The second-order valence-electron chi connectivity index (χ2n) is 8.61. The van der Waals surface area contributed by atoms with Crippen LogP contribution in [0.25, 0.3) is 0 Å². The lowest BCUT2D eigenvalue weighted by atomic mass is 10.2. The molecular weight excluding hydrogens is 953 g/mol. The highest BCUT2D eigenvalue weighted by molar-refractivity contribution is 5.78. The van der Waals surface area contributed by atoms with Crippen molar-refractivity contribution in [1.82, 2.24) is 0 Å². The van der Waals surface area contributed by atoms with Gasteiger partial charge in [0.05, 0.1) is 21.3 Å². The lowest BCUT2D eigenvalue weighted by molar-refractivity contribution is -0.513. The Labute approximate surface area is 309 Å². The number of esters is 2. The van der Waals surface area contributed by atoms with Gasteiger partial charge < -0.3 is 23.7 Å². The van der Waals surface area contributed by atoms with Gasteiger partial charge in [0.2, 0.25) is 0 Å². The summed E-state index contributed by atoms with van der Waals surface area (Å²) in [6, 6.07) is -8.57. The highest BCUT2D eigenvalue weighted by atomic mass is 19.4. The van der Waals surface area contributed by atoms with Crippen LogP contribution in [-0.2, 0) is 47.5 Å².